The number of fused-ring (bicyclic) bond motifs is 1. The van der Waals surface area contributed by atoms with Crippen LogP contribution in [0.4, 0.5) is 0 Å². The maximum Gasteiger partial charge on any atom is 0.314 e. The molecule has 0 atom stereocenters. The second-order valence-electron chi connectivity index (χ2n) is 5.28. The smallest absolute Gasteiger partial charge is 0.314 e. The summed E-state index contributed by atoms with van der Waals surface area (Å²) in [6.07, 6.45) is 4.26. The molecule has 0 bridgehead atoms. The summed E-state index contributed by atoms with van der Waals surface area (Å²) < 4.78 is 5.55. The lowest BCUT2D eigenvalue weighted by molar-refractivity contribution is -0.147. The van der Waals surface area contributed by atoms with Crippen LogP contribution in [0, 0.1) is 6.92 Å². The lowest BCUT2D eigenvalue weighted by Gasteiger charge is -2.39. The Bertz CT molecular complexity index is 653. The van der Waals surface area contributed by atoms with E-state index < -0.39 is 11.4 Å². The van der Waals surface area contributed by atoms with E-state index in [0.717, 1.165) is 28.5 Å². The molecule has 0 aliphatic heterocycles. The number of carboxylic acids is 1. The van der Waals surface area contributed by atoms with Crippen LogP contribution in [0.25, 0.3) is 10.9 Å². The molecule has 2 aromatic rings. The Kier molecular flexibility index (Phi) is 2.55. The summed E-state index contributed by atoms with van der Waals surface area (Å²) in [5.41, 5.74) is 2.11. The van der Waals surface area contributed by atoms with E-state index in [-0.39, 0.29) is 0 Å². The molecule has 4 nitrogen and oxygen atoms in total. The Labute approximate surface area is 111 Å². The molecular formula is C15H17NO3. The van der Waals surface area contributed by atoms with Crippen molar-refractivity contribution in [3.8, 4) is 5.75 Å². The van der Waals surface area contributed by atoms with Gasteiger partial charge in [-0.1, -0.05) is 12.5 Å². The van der Waals surface area contributed by atoms with Crippen LogP contribution in [0.3, 0.4) is 0 Å². The van der Waals surface area contributed by atoms with E-state index in [4.69, 9.17) is 4.74 Å². The molecule has 3 rings (SSSR count). The van der Waals surface area contributed by atoms with Crippen molar-refractivity contribution in [1.29, 1.82) is 0 Å². The molecule has 0 spiro atoms. The van der Waals surface area contributed by atoms with E-state index in [9.17, 15) is 9.90 Å². The quantitative estimate of drug-likeness (QED) is 0.890. The van der Waals surface area contributed by atoms with Crippen LogP contribution in [-0.2, 0) is 10.2 Å². The Balaban J connectivity index is 2.29. The van der Waals surface area contributed by atoms with Gasteiger partial charge in [-0.15, -0.1) is 0 Å². The van der Waals surface area contributed by atoms with Crippen LogP contribution in [0.2, 0.25) is 0 Å². The Morgan fingerprint density at radius 3 is 2.68 bits per heavy atom. The number of aromatic amines is 1. The summed E-state index contributed by atoms with van der Waals surface area (Å²) in [7, 11) is 1.61. The van der Waals surface area contributed by atoms with Gasteiger partial charge in [0.05, 0.1) is 12.5 Å². The Morgan fingerprint density at radius 1 is 1.42 bits per heavy atom. The lowest BCUT2D eigenvalue weighted by Crippen LogP contribution is -2.42. The topological polar surface area (TPSA) is 62.3 Å². The van der Waals surface area contributed by atoms with Gasteiger partial charge in [0.25, 0.3) is 0 Å². The summed E-state index contributed by atoms with van der Waals surface area (Å²) in [6, 6.07) is 3.84. The minimum absolute atomic E-state index is 0.688. The molecule has 0 saturated heterocycles. The minimum atomic E-state index is -0.761. The van der Waals surface area contributed by atoms with Gasteiger partial charge < -0.3 is 14.8 Å². The first-order valence-corrected chi connectivity index (χ1v) is 6.49. The SMILES string of the molecule is COc1c(C2(C(=O)O)CCC2)ccc2[nH]cc(C)c12. The normalized spacial score (nSPS) is 17.2. The fourth-order valence-corrected chi connectivity index (χ4v) is 3.07. The first-order chi connectivity index (χ1) is 9.10. The zero-order valence-corrected chi connectivity index (χ0v) is 11.1. The highest BCUT2D eigenvalue weighted by Gasteiger charge is 2.48. The molecule has 1 aromatic heterocycles. The molecular weight excluding hydrogens is 242 g/mol. The van der Waals surface area contributed by atoms with Crippen molar-refractivity contribution < 1.29 is 14.6 Å². The molecule has 100 valence electrons. The van der Waals surface area contributed by atoms with Gasteiger partial charge in [-0.25, -0.2) is 0 Å². The fraction of sp³-hybridized carbons (Fsp3) is 0.400. The number of carboxylic acid groups (broad SMARTS) is 1. The number of aryl methyl sites for hydroxylation is 1. The second kappa shape index (κ2) is 4.02. The van der Waals surface area contributed by atoms with E-state index in [1.807, 2.05) is 25.3 Å². The molecule has 0 amide bonds. The molecule has 1 fully saturated rings. The highest BCUT2D eigenvalue weighted by Crippen LogP contribution is 2.49. The average molecular weight is 259 g/mol. The number of methoxy groups -OCH3 is 1. The number of nitrogens with one attached hydrogen (secondary N) is 1. The van der Waals surface area contributed by atoms with Crippen LogP contribution in [0.5, 0.6) is 5.75 Å². The van der Waals surface area contributed by atoms with Gasteiger partial charge in [0.1, 0.15) is 5.75 Å². The summed E-state index contributed by atoms with van der Waals surface area (Å²) in [4.78, 5) is 14.8. The lowest BCUT2D eigenvalue weighted by atomic mass is 9.64. The zero-order chi connectivity index (χ0) is 13.6. The predicted molar refractivity (Wildman–Crippen MR) is 72.8 cm³/mol. The monoisotopic (exact) mass is 259 g/mol. The van der Waals surface area contributed by atoms with E-state index in [2.05, 4.69) is 4.98 Å². The van der Waals surface area contributed by atoms with Crippen molar-refractivity contribution in [1.82, 2.24) is 4.98 Å². The van der Waals surface area contributed by atoms with E-state index in [0.29, 0.717) is 18.6 Å². The summed E-state index contributed by atoms with van der Waals surface area (Å²) in [5, 5.41) is 10.6. The first-order valence-electron chi connectivity index (χ1n) is 6.49. The van der Waals surface area contributed by atoms with Crippen LogP contribution < -0.4 is 4.74 Å². The van der Waals surface area contributed by atoms with Gasteiger partial charge in [-0.3, -0.25) is 4.79 Å². The van der Waals surface area contributed by atoms with Crippen molar-refractivity contribution in [2.24, 2.45) is 0 Å². The Morgan fingerprint density at radius 2 is 2.16 bits per heavy atom. The zero-order valence-electron chi connectivity index (χ0n) is 11.1. The maximum atomic E-state index is 11.7. The minimum Gasteiger partial charge on any atom is -0.496 e. The molecule has 0 unspecified atom stereocenters. The number of H-pyrrole nitrogens is 1. The summed E-state index contributed by atoms with van der Waals surface area (Å²) >= 11 is 0. The van der Waals surface area contributed by atoms with Gasteiger partial charge in [-0.2, -0.15) is 0 Å². The number of aromatic nitrogens is 1. The van der Waals surface area contributed by atoms with E-state index in [1.54, 1.807) is 7.11 Å². The van der Waals surface area contributed by atoms with E-state index in [1.165, 1.54) is 0 Å². The standard InChI is InChI=1S/C15H17NO3/c1-9-8-16-11-5-4-10(13(19-2)12(9)11)15(14(17)18)6-3-7-15/h4-5,8,16H,3,6-7H2,1-2H3,(H,17,18). The van der Waals surface area contributed by atoms with E-state index >= 15 is 0 Å². The number of hydrogen-bond acceptors (Lipinski definition) is 2. The summed E-state index contributed by atoms with van der Waals surface area (Å²) in [6.45, 7) is 2.00. The fourth-order valence-electron chi connectivity index (χ4n) is 3.07. The largest absolute Gasteiger partial charge is 0.496 e. The molecule has 1 aliphatic rings. The van der Waals surface area contributed by atoms with Gasteiger partial charge >= 0.3 is 5.97 Å². The van der Waals surface area contributed by atoms with Crippen LogP contribution in [-0.4, -0.2) is 23.2 Å². The van der Waals surface area contributed by atoms with Gasteiger partial charge in [-0.05, 0) is 31.4 Å². The molecule has 0 radical (unpaired) electrons. The molecule has 1 saturated carbocycles. The third kappa shape index (κ3) is 1.49. The van der Waals surface area contributed by atoms with Crippen LogP contribution in [0.1, 0.15) is 30.4 Å². The van der Waals surface area contributed by atoms with Crippen molar-refractivity contribution in [3.63, 3.8) is 0 Å². The number of benzene rings is 1. The first kappa shape index (κ1) is 12.1. The molecule has 1 heterocycles. The van der Waals surface area contributed by atoms with Crippen molar-refractivity contribution in [3.05, 3.63) is 29.5 Å². The van der Waals surface area contributed by atoms with Crippen molar-refractivity contribution in [2.45, 2.75) is 31.6 Å². The molecule has 19 heavy (non-hydrogen) atoms. The van der Waals surface area contributed by atoms with Crippen LogP contribution in [0.15, 0.2) is 18.3 Å². The maximum absolute atomic E-state index is 11.7. The summed E-state index contributed by atoms with van der Waals surface area (Å²) in [5.74, 6) is -0.0389. The molecule has 4 heteroatoms. The highest BCUT2D eigenvalue weighted by atomic mass is 16.5. The average Bonchev–Trinajstić information content (AvgIpc) is 2.69. The molecule has 2 N–H and O–H groups in total. The van der Waals surface area contributed by atoms with Gasteiger partial charge in [0.15, 0.2) is 0 Å². The number of rotatable bonds is 3. The number of aliphatic carboxylic acids is 1. The van der Waals surface area contributed by atoms with Gasteiger partial charge in [0, 0.05) is 22.7 Å². The second-order valence-corrected chi connectivity index (χ2v) is 5.28. The van der Waals surface area contributed by atoms with Gasteiger partial charge in [0.2, 0.25) is 0 Å². The number of hydrogen-bond donors (Lipinski definition) is 2. The van der Waals surface area contributed by atoms with Crippen LogP contribution >= 0.6 is 0 Å². The number of carbonyl (C=O) groups is 1. The highest BCUT2D eigenvalue weighted by molar-refractivity contribution is 5.94. The third-order valence-corrected chi connectivity index (χ3v) is 4.33. The number of ether oxygens (including phenoxy) is 1. The van der Waals surface area contributed by atoms with Crippen molar-refractivity contribution >= 4 is 16.9 Å². The molecule has 1 aromatic carbocycles. The van der Waals surface area contributed by atoms with Crippen molar-refractivity contribution in [2.75, 3.05) is 7.11 Å². The Hall–Kier alpha value is -1.97. The third-order valence-electron chi connectivity index (χ3n) is 4.33. The predicted octanol–water partition coefficient (Wildman–Crippen LogP) is 2.99. The molecule has 1 aliphatic carbocycles.